The molecule has 2 heterocycles. The Morgan fingerprint density at radius 2 is 2.30 bits per heavy atom. The van der Waals surface area contributed by atoms with Gasteiger partial charge >= 0.3 is 0 Å². The molecule has 1 aliphatic rings. The van der Waals surface area contributed by atoms with E-state index in [1.165, 1.54) is 5.56 Å². The van der Waals surface area contributed by atoms with E-state index in [1.807, 2.05) is 25.1 Å². The molecule has 0 aliphatic carbocycles. The van der Waals surface area contributed by atoms with Crippen molar-refractivity contribution in [1.29, 1.82) is 0 Å². The largest absolute Gasteiger partial charge is 0.376 e. The summed E-state index contributed by atoms with van der Waals surface area (Å²) >= 11 is 0. The normalized spacial score (nSPS) is 18.6. The lowest BCUT2D eigenvalue weighted by Crippen LogP contribution is -2.31. The second-order valence-corrected chi connectivity index (χ2v) is 5.45. The number of aromatic amines is 1. The quantitative estimate of drug-likeness (QED) is 0.902. The maximum atomic E-state index is 12.3. The van der Waals surface area contributed by atoms with Gasteiger partial charge in [0.15, 0.2) is 0 Å². The number of carbonyl (C=O) groups is 1. The highest BCUT2D eigenvalue weighted by molar-refractivity contribution is 6.06. The number of H-pyrrole nitrogens is 1. The summed E-state index contributed by atoms with van der Waals surface area (Å²) in [5, 5.41) is 4.10. The van der Waals surface area contributed by atoms with Crippen molar-refractivity contribution in [2.45, 2.75) is 32.8 Å². The first-order valence-corrected chi connectivity index (χ1v) is 7.14. The molecule has 2 aromatic rings. The summed E-state index contributed by atoms with van der Waals surface area (Å²) < 4.78 is 5.53. The number of aromatic nitrogens is 1. The summed E-state index contributed by atoms with van der Waals surface area (Å²) in [5.74, 6) is -0.0349. The molecule has 4 nitrogen and oxygen atoms in total. The molecule has 0 spiro atoms. The Morgan fingerprint density at radius 1 is 1.45 bits per heavy atom. The molecule has 20 heavy (non-hydrogen) atoms. The number of hydrogen-bond donors (Lipinski definition) is 2. The van der Waals surface area contributed by atoms with E-state index in [9.17, 15) is 4.79 Å². The van der Waals surface area contributed by atoms with E-state index < -0.39 is 0 Å². The van der Waals surface area contributed by atoms with Crippen LogP contribution in [-0.2, 0) is 4.74 Å². The molecular formula is C16H20N2O2. The Morgan fingerprint density at radius 3 is 3.05 bits per heavy atom. The van der Waals surface area contributed by atoms with Crippen LogP contribution >= 0.6 is 0 Å². The SMILES string of the molecule is Cc1[nH]c2c(C(=O)NCC3CCCO3)cccc2c1C. The third-order valence-electron chi connectivity index (χ3n) is 4.10. The number of amides is 1. The monoisotopic (exact) mass is 272 g/mol. The maximum absolute atomic E-state index is 12.3. The van der Waals surface area contributed by atoms with Crippen molar-refractivity contribution in [1.82, 2.24) is 10.3 Å². The van der Waals surface area contributed by atoms with Gasteiger partial charge in [0.05, 0.1) is 17.2 Å². The predicted molar refractivity (Wildman–Crippen MR) is 79.1 cm³/mol. The first kappa shape index (κ1) is 13.2. The summed E-state index contributed by atoms with van der Waals surface area (Å²) in [6, 6.07) is 5.84. The van der Waals surface area contributed by atoms with Gasteiger partial charge in [-0.15, -0.1) is 0 Å². The molecule has 3 rings (SSSR count). The van der Waals surface area contributed by atoms with E-state index in [0.29, 0.717) is 12.1 Å². The minimum absolute atomic E-state index is 0.0349. The second kappa shape index (κ2) is 5.29. The van der Waals surface area contributed by atoms with Crippen molar-refractivity contribution in [3.63, 3.8) is 0 Å². The molecule has 4 heteroatoms. The summed E-state index contributed by atoms with van der Waals surface area (Å²) in [5.41, 5.74) is 3.94. The molecule has 1 aliphatic heterocycles. The van der Waals surface area contributed by atoms with E-state index in [2.05, 4.69) is 17.2 Å². The fourth-order valence-electron chi connectivity index (χ4n) is 2.78. The van der Waals surface area contributed by atoms with Crippen LogP contribution in [0.3, 0.4) is 0 Å². The van der Waals surface area contributed by atoms with E-state index >= 15 is 0 Å². The van der Waals surface area contributed by atoms with Crippen LogP contribution in [0.2, 0.25) is 0 Å². The first-order valence-electron chi connectivity index (χ1n) is 7.14. The van der Waals surface area contributed by atoms with Crippen molar-refractivity contribution < 1.29 is 9.53 Å². The molecule has 1 atom stereocenters. The van der Waals surface area contributed by atoms with Gasteiger partial charge in [-0.3, -0.25) is 4.79 Å². The van der Waals surface area contributed by atoms with Crippen LogP contribution in [0, 0.1) is 13.8 Å². The van der Waals surface area contributed by atoms with Gasteiger partial charge in [-0.05, 0) is 38.3 Å². The molecule has 1 saturated heterocycles. The van der Waals surface area contributed by atoms with Crippen molar-refractivity contribution in [3.8, 4) is 0 Å². The zero-order valence-electron chi connectivity index (χ0n) is 12.0. The molecule has 1 amide bonds. The minimum Gasteiger partial charge on any atom is -0.376 e. The molecule has 106 valence electrons. The molecule has 0 bridgehead atoms. The summed E-state index contributed by atoms with van der Waals surface area (Å²) in [4.78, 5) is 15.7. The molecule has 1 unspecified atom stereocenters. The number of fused-ring (bicyclic) bond motifs is 1. The van der Waals surface area contributed by atoms with Crippen LogP contribution in [-0.4, -0.2) is 30.1 Å². The van der Waals surface area contributed by atoms with Crippen LogP contribution in [0.25, 0.3) is 10.9 Å². The van der Waals surface area contributed by atoms with Crippen LogP contribution in [0.15, 0.2) is 18.2 Å². The zero-order chi connectivity index (χ0) is 14.1. The molecule has 1 aromatic heterocycles. The number of para-hydroxylation sites is 1. The summed E-state index contributed by atoms with van der Waals surface area (Å²) in [7, 11) is 0. The zero-order valence-corrected chi connectivity index (χ0v) is 12.0. The Labute approximate surface area is 118 Å². The number of ether oxygens (including phenoxy) is 1. The Kier molecular flexibility index (Phi) is 3.49. The highest BCUT2D eigenvalue weighted by atomic mass is 16.5. The first-order chi connectivity index (χ1) is 9.66. The summed E-state index contributed by atoms with van der Waals surface area (Å²) in [6.45, 7) is 5.50. The second-order valence-electron chi connectivity index (χ2n) is 5.45. The highest BCUT2D eigenvalue weighted by Gasteiger charge is 2.18. The number of hydrogen-bond acceptors (Lipinski definition) is 2. The lowest BCUT2D eigenvalue weighted by molar-refractivity contribution is 0.0859. The number of aryl methyl sites for hydroxylation is 2. The van der Waals surface area contributed by atoms with Crippen molar-refractivity contribution in [2.75, 3.05) is 13.2 Å². The van der Waals surface area contributed by atoms with Gasteiger partial charge in [0.1, 0.15) is 0 Å². The smallest absolute Gasteiger partial charge is 0.253 e. The van der Waals surface area contributed by atoms with Gasteiger partial charge in [-0.1, -0.05) is 12.1 Å². The third kappa shape index (κ3) is 2.31. The summed E-state index contributed by atoms with van der Waals surface area (Å²) in [6.07, 6.45) is 2.29. The van der Waals surface area contributed by atoms with Gasteiger partial charge in [0.25, 0.3) is 5.91 Å². The fourth-order valence-corrected chi connectivity index (χ4v) is 2.78. The van der Waals surface area contributed by atoms with E-state index in [0.717, 1.165) is 36.0 Å². The molecular weight excluding hydrogens is 252 g/mol. The Hall–Kier alpha value is -1.81. The van der Waals surface area contributed by atoms with Gasteiger partial charge in [-0.25, -0.2) is 0 Å². The van der Waals surface area contributed by atoms with Crippen molar-refractivity contribution in [2.24, 2.45) is 0 Å². The number of rotatable bonds is 3. The lowest BCUT2D eigenvalue weighted by Gasteiger charge is -2.11. The number of nitrogens with one attached hydrogen (secondary N) is 2. The number of benzene rings is 1. The predicted octanol–water partition coefficient (Wildman–Crippen LogP) is 2.69. The van der Waals surface area contributed by atoms with E-state index in [-0.39, 0.29) is 12.0 Å². The molecule has 2 N–H and O–H groups in total. The molecule has 1 fully saturated rings. The van der Waals surface area contributed by atoms with Crippen molar-refractivity contribution >= 4 is 16.8 Å². The lowest BCUT2D eigenvalue weighted by atomic mass is 10.1. The van der Waals surface area contributed by atoms with Crippen LogP contribution in [0.5, 0.6) is 0 Å². The van der Waals surface area contributed by atoms with Crippen LogP contribution < -0.4 is 5.32 Å². The van der Waals surface area contributed by atoms with E-state index in [1.54, 1.807) is 0 Å². The van der Waals surface area contributed by atoms with Gasteiger partial charge < -0.3 is 15.0 Å². The third-order valence-corrected chi connectivity index (χ3v) is 4.10. The van der Waals surface area contributed by atoms with E-state index in [4.69, 9.17) is 4.74 Å². The van der Waals surface area contributed by atoms with Gasteiger partial charge in [0, 0.05) is 24.2 Å². The molecule has 1 aromatic carbocycles. The fraction of sp³-hybridized carbons (Fsp3) is 0.438. The Bertz CT molecular complexity index is 639. The maximum Gasteiger partial charge on any atom is 0.253 e. The van der Waals surface area contributed by atoms with Gasteiger partial charge in [0.2, 0.25) is 0 Å². The highest BCUT2D eigenvalue weighted by Crippen LogP contribution is 2.24. The molecule has 0 saturated carbocycles. The van der Waals surface area contributed by atoms with Crippen LogP contribution in [0.4, 0.5) is 0 Å². The van der Waals surface area contributed by atoms with Crippen LogP contribution in [0.1, 0.15) is 34.5 Å². The average Bonchev–Trinajstić information content (AvgIpc) is 3.06. The van der Waals surface area contributed by atoms with Crippen molar-refractivity contribution in [3.05, 3.63) is 35.0 Å². The van der Waals surface area contributed by atoms with Gasteiger partial charge in [-0.2, -0.15) is 0 Å². The average molecular weight is 272 g/mol. The topological polar surface area (TPSA) is 54.1 Å². The minimum atomic E-state index is -0.0349. The molecule has 0 radical (unpaired) electrons. The standard InChI is InChI=1S/C16H20N2O2/c1-10-11(2)18-15-13(10)6-3-7-14(15)16(19)17-9-12-5-4-8-20-12/h3,6-7,12,18H,4-5,8-9H2,1-2H3,(H,17,19). The Balaban J connectivity index is 1.82. The number of carbonyl (C=O) groups excluding carboxylic acids is 1.